The van der Waals surface area contributed by atoms with Crippen LogP contribution in [0, 0.1) is 11.8 Å². The van der Waals surface area contributed by atoms with Crippen molar-refractivity contribution in [1.82, 2.24) is 5.32 Å². The van der Waals surface area contributed by atoms with Crippen LogP contribution in [0.25, 0.3) is 0 Å². The summed E-state index contributed by atoms with van der Waals surface area (Å²) < 4.78 is 12.1. The number of amides is 1. The molecule has 5 nitrogen and oxygen atoms in total. The Morgan fingerprint density at radius 1 is 1.03 bits per heavy atom. The maximum Gasteiger partial charge on any atom is 0.286 e. The Balaban J connectivity index is 1.29. The summed E-state index contributed by atoms with van der Waals surface area (Å²) in [5.41, 5.74) is 2.92. The summed E-state index contributed by atoms with van der Waals surface area (Å²) in [5.74, 6) is 1.55. The summed E-state index contributed by atoms with van der Waals surface area (Å²) in [6.07, 6.45) is 6.82. The molecule has 2 bridgehead atoms. The van der Waals surface area contributed by atoms with E-state index in [1.807, 2.05) is 54.6 Å². The normalized spacial score (nSPS) is 28.3. The highest BCUT2D eigenvalue weighted by molar-refractivity contribution is 6.30. The standard InChI is InChI=1S/C27H30ClNO4/c28-23-9-7-20(8-10-23)22-13-25(27(31)29-24-12-19-5-6-21(24)11-19)33-26(14-22)32-16-18-3-1-17(15-30)2-4-18/h1-4,7-10,13,19,21-22,24,26,30H,5-6,11-12,14-16H2,(H,29,31)/t19?,21?,22-,24?,26+/m0/s1. The van der Waals surface area contributed by atoms with Gasteiger partial charge in [0.1, 0.15) is 0 Å². The molecule has 2 aromatic carbocycles. The van der Waals surface area contributed by atoms with Gasteiger partial charge in [0.25, 0.3) is 5.91 Å². The lowest BCUT2D eigenvalue weighted by Crippen LogP contribution is -2.41. The van der Waals surface area contributed by atoms with Crippen molar-refractivity contribution < 1.29 is 19.4 Å². The largest absolute Gasteiger partial charge is 0.459 e. The highest BCUT2D eigenvalue weighted by atomic mass is 35.5. The van der Waals surface area contributed by atoms with E-state index in [1.165, 1.54) is 19.3 Å². The summed E-state index contributed by atoms with van der Waals surface area (Å²) >= 11 is 6.08. The predicted molar refractivity (Wildman–Crippen MR) is 126 cm³/mol. The third-order valence-corrected chi connectivity index (χ3v) is 7.53. The summed E-state index contributed by atoms with van der Waals surface area (Å²) in [4.78, 5) is 13.1. The molecule has 2 aliphatic carbocycles. The van der Waals surface area contributed by atoms with Crippen LogP contribution in [0.4, 0.5) is 0 Å². The zero-order chi connectivity index (χ0) is 22.8. The van der Waals surface area contributed by atoms with Crippen molar-refractivity contribution in [3.05, 3.63) is 82.1 Å². The zero-order valence-electron chi connectivity index (χ0n) is 18.6. The van der Waals surface area contributed by atoms with Gasteiger partial charge in [0.15, 0.2) is 5.76 Å². The van der Waals surface area contributed by atoms with Gasteiger partial charge < -0.3 is 19.9 Å². The number of nitrogens with one attached hydrogen (secondary N) is 1. The fourth-order valence-electron chi connectivity index (χ4n) is 5.45. The van der Waals surface area contributed by atoms with Gasteiger partial charge in [-0.15, -0.1) is 0 Å². The number of carbonyl (C=O) groups excluding carboxylic acids is 1. The molecular weight excluding hydrogens is 438 g/mol. The van der Waals surface area contributed by atoms with Crippen LogP contribution < -0.4 is 5.32 Å². The lowest BCUT2D eigenvalue weighted by atomic mass is 9.92. The second-order valence-corrected chi connectivity index (χ2v) is 9.95. The summed E-state index contributed by atoms with van der Waals surface area (Å²) in [7, 11) is 0. The van der Waals surface area contributed by atoms with Crippen molar-refractivity contribution >= 4 is 17.5 Å². The van der Waals surface area contributed by atoms with E-state index in [4.69, 9.17) is 21.1 Å². The zero-order valence-corrected chi connectivity index (χ0v) is 19.3. The van der Waals surface area contributed by atoms with Crippen LogP contribution in [-0.4, -0.2) is 23.3 Å². The SMILES string of the molecule is O=C(NC1CC2CCC1C2)C1=C[C@H](c2ccc(Cl)cc2)C[C@H](OCc2ccc(CO)cc2)O1. The quantitative estimate of drug-likeness (QED) is 0.596. The van der Waals surface area contributed by atoms with Gasteiger partial charge >= 0.3 is 0 Å². The molecule has 5 rings (SSSR count). The molecule has 0 spiro atoms. The number of allylic oxidation sites excluding steroid dienone is 1. The van der Waals surface area contributed by atoms with Gasteiger partial charge in [-0.25, -0.2) is 0 Å². The number of aliphatic hydroxyl groups is 1. The second kappa shape index (κ2) is 9.88. The van der Waals surface area contributed by atoms with E-state index in [9.17, 15) is 9.90 Å². The van der Waals surface area contributed by atoms with Crippen molar-refractivity contribution in [1.29, 1.82) is 0 Å². The highest BCUT2D eigenvalue weighted by Gasteiger charge is 2.41. The Hall–Kier alpha value is -2.34. The average Bonchev–Trinajstić information content (AvgIpc) is 3.47. The Labute approximate surface area is 199 Å². The number of hydrogen-bond donors (Lipinski definition) is 2. The molecule has 2 N–H and O–H groups in total. The number of ether oxygens (including phenoxy) is 2. The molecule has 6 heteroatoms. The third-order valence-electron chi connectivity index (χ3n) is 7.28. The summed E-state index contributed by atoms with van der Waals surface area (Å²) in [6.45, 7) is 0.381. The van der Waals surface area contributed by atoms with E-state index >= 15 is 0 Å². The molecule has 5 atom stereocenters. The number of halogens is 1. The van der Waals surface area contributed by atoms with E-state index in [1.54, 1.807) is 0 Å². The Kier molecular flexibility index (Phi) is 6.72. The number of carbonyl (C=O) groups is 1. The molecule has 2 aromatic rings. The minimum Gasteiger partial charge on any atom is -0.459 e. The first-order chi connectivity index (χ1) is 16.1. The topological polar surface area (TPSA) is 67.8 Å². The highest BCUT2D eigenvalue weighted by Crippen LogP contribution is 2.44. The molecule has 3 unspecified atom stereocenters. The molecule has 2 fully saturated rings. The fourth-order valence-corrected chi connectivity index (χ4v) is 5.58. The predicted octanol–water partition coefficient (Wildman–Crippen LogP) is 5.07. The Morgan fingerprint density at radius 2 is 1.79 bits per heavy atom. The van der Waals surface area contributed by atoms with Crippen LogP contribution in [0.1, 0.15) is 54.7 Å². The first kappa shape index (κ1) is 22.5. The van der Waals surface area contributed by atoms with Gasteiger partial charge in [-0.3, -0.25) is 4.79 Å². The number of rotatable bonds is 7. The van der Waals surface area contributed by atoms with Gasteiger partial charge in [0.05, 0.1) is 13.2 Å². The summed E-state index contributed by atoms with van der Waals surface area (Å²) in [5, 5.41) is 13.1. The molecule has 1 aliphatic heterocycles. The van der Waals surface area contributed by atoms with Crippen molar-refractivity contribution in [2.24, 2.45) is 11.8 Å². The molecule has 2 saturated carbocycles. The lowest BCUT2D eigenvalue weighted by Gasteiger charge is -2.31. The number of hydrogen-bond acceptors (Lipinski definition) is 4. The first-order valence-corrected chi connectivity index (χ1v) is 12.2. The number of benzene rings is 2. The lowest BCUT2D eigenvalue weighted by molar-refractivity contribution is -0.150. The van der Waals surface area contributed by atoms with E-state index in [0.717, 1.165) is 29.0 Å². The maximum absolute atomic E-state index is 13.1. The van der Waals surface area contributed by atoms with Crippen LogP contribution in [0.2, 0.25) is 5.02 Å². The van der Waals surface area contributed by atoms with E-state index < -0.39 is 6.29 Å². The third kappa shape index (κ3) is 5.26. The smallest absolute Gasteiger partial charge is 0.286 e. The van der Waals surface area contributed by atoms with E-state index in [2.05, 4.69) is 5.32 Å². The van der Waals surface area contributed by atoms with Crippen molar-refractivity contribution in [2.75, 3.05) is 0 Å². The molecule has 0 radical (unpaired) electrons. The van der Waals surface area contributed by atoms with Crippen molar-refractivity contribution in [3.8, 4) is 0 Å². The van der Waals surface area contributed by atoms with E-state index in [0.29, 0.717) is 29.7 Å². The van der Waals surface area contributed by atoms with E-state index in [-0.39, 0.29) is 24.5 Å². The van der Waals surface area contributed by atoms with Crippen LogP contribution in [0.5, 0.6) is 0 Å². The van der Waals surface area contributed by atoms with Gasteiger partial charge in [-0.2, -0.15) is 0 Å². The second-order valence-electron chi connectivity index (χ2n) is 9.51. The van der Waals surface area contributed by atoms with Crippen LogP contribution in [0.15, 0.2) is 60.4 Å². The average molecular weight is 468 g/mol. The molecule has 33 heavy (non-hydrogen) atoms. The summed E-state index contributed by atoms with van der Waals surface area (Å²) in [6, 6.07) is 15.6. The van der Waals surface area contributed by atoms with Crippen molar-refractivity contribution in [2.45, 2.75) is 63.6 Å². The van der Waals surface area contributed by atoms with Gasteiger partial charge in [-0.05, 0) is 66.0 Å². The molecule has 1 amide bonds. The molecule has 174 valence electrons. The first-order valence-electron chi connectivity index (χ1n) is 11.8. The number of aliphatic hydroxyl groups excluding tert-OH is 1. The van der Waals surface area contributed by atoms with Crippen LogP contribution in [0.3, 0.4) is 0 Å². The number of fused-ring (bicyclic) bond motifs is 2. The van der Waals surface area contributed by atoms with Gasteiger partial charge in [0, 0.05) is 23.4 Å². The maximum atomic E-state index is 13.1. The minimum atomic E-state index is -0.533. The Bertz CT molecular complexity index is 1000. The van der Waals surface area contributed by atoms with Crippen LogP contribution in [-0.2, 0) is 27.5 Å². The van der Waals surface area contributed by atoms with Crippen molar-refractivity contribution in [3.63, 3.8) is 0 Å². The minimum absolute atomic E-state index is 0.00133. The fraction of sp³-hybridized carbons (Fsp3) is 0.444. The Morgan fingerprint density at radius 3 is 2.45 bits per heavy atom. The molecular formula is C27H30ClNO4. The molecule has 0 saturated heterocycles. The monoisotopic (exact) mass is 467 g/mol. The molecule has 0 aromatic heterocycles. The molecule has 1 heterocycles. The molecule has 3 aliphatic rings. The van der Waals surface area contributed by atoms with Crippen LogP contribution >= 0.6 is 11.6 Å². The van der Waals surface area contributed by atoms with Gasteiger partial charge in [-0.1, -0.05) is 54.4 Å². The van der Waals surface area contributed by atoms with Gasteiger partial charge in [0.2, 0.25) is 6.29 Å².